The zero-order valence-electron chi connectivity index (χ0n) is 19.0. The molecule has 1 amide bonds. The zero-order valence-corrected chi connectivity index (χ0v) is 20.7. The number of sulfonamides is 1. The SMILES string of the molecule is Cc1csc(N2CCCN(C(=O)c3ccc(S(=O)(=O)Nc4cccc(C)c4C)cc3)CC2)n1. The van der Waals surface area contributed by atoms with Crippen molar-refractivity contribution >= 4 is 38.1 Å². The van der Waals surface area contributed by atoms with Crippen LogP contribution in [0.2, 0.25) is 0 Å². The molecular weight excluding hydrogens is 456 g/mol. The standard InChI is InChI=1S/C24H28N4O3S2/c1-17-6-4-7-22(19(17)3)26-33(30,31)21-10-8-20(9-11-21)23(29)27-12-5-13-28(15-14-27)24-25-18(2)16-32-24/h4,6-11,16,26H,5,12-15H2,1-3H3. The van der Waals surface area contributed by atoms with E-state index in [1.54, 1.807) is 29.5 Å². The highest BCUT2D eigenvalue weighted by molar-refractivity contribution is 7.92. The van der Waals surface area contributed by atoms with E-state index >= 15 is 0 Å². The molecule has 0 bridgehead atoms. The van der Waals surface area contributed by atoms with Gasteiger partial charge in [0, 0.05) is 37.1 Å². The molecule has 3 aromatic rings. The van der Waals surface area contributed by atoms with Crippen LogP contribution in [0.25, 0.3) is 0 Å². The number of nitrogens with one attached hydrogen (secondary N) is 1. The number of thiazole rings is 1. The summed E-state index contributed by atoms with van der Waals surface area (Å²) in [5.41, 5.74) is 3.95. The van der Waals surface area contributed by atoms with Gasteiger partial charge in [-0.05, 0) is 68.7 Å². The van der Waals surface area contributed by atoms with Gasteiger partial charge in [-0.1, -0.05) is 12.1 Å². The summed E-state index contributed by atoms with van der Waals surface area (Å²) in [6.45, 7) is 8.65. The molecule has 174 valence electrons. The lowest BCUT2D eigenvalue weighted by molar-refractivity contribution is 0.0767. The third kappa shape index (κ3) is 5.20. The second-order valence-electron chi connectivity index (χ2n) is 8.28. The third-order valence-corrected chi connectivity index (χ3v) is 8.32. The Morgan fingerprint density at radius 2 is 1.76 bits per heavy atom. The van der Waals surface area contributed by atoms with E-state index in [1.165, 1.54) is 12.1 Å². The molecule has 0 unspecified atom stereocenters. The summed E-state index contributed by atoms with van der Waals surface area (Å²) in [4.78, 5) is 21.8. The van der Waals surface area contributed by atoms with Crippen LogP contribution in [0.1, 0.15) is 33.6 Å². The molecule has 9 heteroatoms. The Bertz CT molecular complexity index is 1250. The number of hydrogen-bond donors (Lipinski definition) is 1. The summed E-state index contributed by atoms with van der Waals surface area (Å²) in [5.74, 6) is -0.0846. The van der Waals surface area contributed by atoms with Gasteiger partial charge in [0.15, 0.2) is 5.13 Å². The van der Waals surface area contributed by atoms with Crippen molar-refractivity contribution in [1.82, 2.24) is 9.88 Å². The number of carbonyl (C=O) groups is 1. The first-order chi connectivity index (χ1) is 15.7. The molecule has 0 saturated carbocycles. The normalized spacial score (nSPS) is 14.8. The average molecular weight is 485 g/mol. The molecule has 1 aliphatic rings. The topological polar surface area (TPSA) is 82.6 Å². The lowest BCUT2D eigenvalue weighted by Gasteiger charge is -2.22. The molecule has 0 radical (unpaired) electrons. The fourth-order valence-electron chi connectivity index (χ4n) is 3.82. The second kappa shape index (κ2) is 9.52. The van der Waals surface area contributed by atoms with Gasteiger partial charge in [-0.15, -0.1) is 11.3 Å². The van der Waals surface area contributed by atoms with Crippen LogP contribution < -0.4 is 9.62 Å². The first-order valence-electron chi connectivity index (χ1n) is 10.9. The monoisotopic (exact) mass is 484 g/mol. The Kier molecular flexibility index (Phi) is 6.71. The number of aromatic nitrogens is 1. The van der Waals surface area contributed by atoms with Crippen molar-refractivity contribution in [3.63, 3.8) is 0 Å². The van der Waals surface area contributed by atoms with Crippen molar-refractivity contribution in [2.24, 2.45) is 0 Å². The van der Waals surface area contributed by atoms with Gasteiger partial charge in [0.1, 0.15) is 0 Å². The lowest BCUT2D eigenvalue weighted by atomic mass is 10.1. The smallest absolute Gasteiger partial charge is 0.261 e. The van der Waals surface area contributed by atoms with Crippen LogP contribution in [0.4, 0.5) is 10.8 Å². The van der Waals surface area contributed by atoms with E-state index in [0.29, 0.717) is 24.3 Å². The van der Waals surface area contributed by atoms with E-state index in [1.807, 2.05) is 43.2 Å². The Balaban J connectivity index is 1.44. The van der Waals surface area contributed by atoms with Crippen molar-refractivity contribution in [1.29, 1.82) is 0 Å². The Morgan fingerprint density at radius 3 is 2.45 bits per heavy atom. The molecule has 2 heterocycles. The largest absolute Gasteiger partial charge is 0.346 e. The van der Waals surface area contributed by atoms with Crippen LogP contribution in [-0.4, -0.2) is 50.4 Å². The highest BCUT2D eigenvalue weighted by Crippen LogP contribution is 2.24. The fraction of sp³-hybridized carbons (Fsp3) is 0.333. The summed E-state index contributed by atoms with van der Waals surface area (Å²) in [5, 5.41) is 3.03. The molecule has 1 N–H and O–H groups in total. The minimum atomic E-state index is -3.75. The van der Waals surface area contributed by atoms with E-state index in [4.69, 9.17) is 0 Å². The number of carbonyl (C=O) groups excluding carboxylic acids is 1. The number of anilines is 2. The maximum Gasteiger partial charge on any atom is 0.261 e. The molecule has 7 nitrogen and oxygen atoms in total. The highest BCUT2D eigenvalue weighted by atomic mass is 32.2. The summed E-state index contributed by atoms with van der Waals surface area (Å²) >= 11 is 1.63. The summed E-state index contributed by atoms with van der Waals surface area (Å²) < 4.78 is 28.4. The maximum absolute atomic E-state index is 13.1. The van der Waals surface area contributed by atoms with Crippen molar-refractivity contribution in [3.8, 4) is 0 Å². The Hall–Kier alpha value is -2.91. The number of hydrogen-bond acceptors (Lipinski definition) is 6. The highest BCUT2D eigenvalue weighted by Gasteiger charge is 2.23. The number of rotatable bonds is 5. The van der Waals surface area contributed by atoms with Crippen LogP contribution in [0.3, 0.4) is 0 Å². The molecule has 0 spiro atoms. The number of aryl methyl sites for hydroxylation is 2. The molecule has 1 fully saturated rings. The lowest BCUT2D eigenvalue weighted by Crippen LogP contribution is -2.35. The second-order valence-corrected chi connectivity index (χ2v) is 10.8. The number of nitrogens with zero attached hydrogens (tertiary/aromatic N) is 3. The first kappa shape index (κ1) is 23.3. The molecule has 1 saturated heterocycles. The Labute approximate surface area is 199 Å². The van der Waals surface area contributed by atoms with Crippen molar-refractivity contribution < 1.29 is 13.2 Å². The van der Waals surface area contributed by atoms with Gasteiger partial charge in [0.25, 0.3) is 15.9 Å². The maximum atomic E-state index is 13.1. The molecule has 0 atom stereocenters. The van der Waals surface area contributed by atoms with Crippen LogP contribution in [0, 0.1) is 20.8 Å². The fourth-order valence-corrected chi connectivity index (χ4v) is 5.80. The number of amides is 1. The van der Waals surface area contributed by atoms with Crippen LogP contribution >= 0.6 is 11.3 Å². The van der Waals surface area contributed by atoms with Crippen LogP contribution in [0.5, 0.6) is 0 Å². The molecular formula is C24H28N4O3S2. The third-order valence-electron chi connectivity index (χ3n) is 5.92. The minimum Gasteiger partial charge on any atom is -0.346 e. The quantitative estimate of drug-likeness (QED) is 0.586. The predicted molar refractivity (Wildman–Crippen MR) is 133 cm³/mol. The van der Waals surface area contributed by atoms with E-state index < -0.39 is 10.0 Å². The first-order valence-corrected chi connectivity index (χ1v) is 13.3. The van der Waals surface area contributed by atoms with Crippen LogP contribution in [-0.2, 0) is 10.0 Å². The number of benzene rings is 2. The van der Waals surface area contributed by atoms with Crippen molar-refractivity contribution in [2.75, 3.05) is 35.8 Å². The van der Waals surface area contributed by atoms with Gasteiger partial charge >= 0.3 is 0 Å². The Morgan fingerprint density at radius 1 is 1.00 bits per heavy atom. The van der Waals surface area contributed by atoms with E-state index in [9.17, 15) is 13.2 Å². The van der Waals surface area contributed by atoms with Gasteiger partial charge in [-0.3, -0.25) is 9.52 Å². The summed E-state index contributed by atoms with van der Waals surface area (Å²) in [6.07, 6.45) is 0.858. The predicted octanol–water partition coefficient (Wildman–Crippen LogP) is 4.22. The summed E-state index contributed by atoms with van der Waals surface area (Å²) in [7, 11) is -3.75. The molecule has 2 aromatic carbocycles. The van der Waals surface area contributed by atoms with Crippen molar-refractivity contribution in [3.05, 3.63) is 70.2 Å². The molecule has 4 rings (SSSR count). The zero-order chi connectivity index (χ0) is 23.6. The molecule has 33 heavy (non-hydrogen) atoms. The van der Waals surface area contributed by atoms with Crippen LogP contribution in [0.15, 0.2) is 52.7 Å². The minimum absolute atomic E-state index is 0.0846. The van der Waals surface area contributed by atoms with Gasteiger partial charge < -0.3 is 9.80 Å². The van der Waals surface area contributed by atoms with Gasteiger partial charge in [0.05, 0.1) is 16.3 Å². The molecule has 1 aliphatic heterocycles. The van der Waals surface area contributed by atoms with E-state index in [2.05, 4.69) is 14.6 Å². The molecule has 0 aliphatic carbocycles. The van der Waals surface area contributed by atoms with E-state index in [0.717, 1.165) is 41.5 Å². The molecule has 1 aromatic heterocycles. The van der Waals surface area contributed by atoms with E-state index in [-0.39, 0.29) is 10.8 Å². The summed E-state index contributed by atoms with van der Waals surface area (Å²) in [6, 6.07) is 11.7. The van der Waals surface area contributed by atoms with Gasteiger partial charge in [-0.25, -0.2) is 13.4 Å². The van der Waals surface area contributed by atoms with Gasteiger partial charge in [-0.2, -0.15) is 0 Å². The average Bonchev–Trinajstić information content (AvgIpc) is 3.08. The van der Waals surface area contributed by atoms with Gasteiger partial charge in [0.2, 0.25) is 0 Å². The van der Waals surface area contributed by atoms with Crippen molar-refractivity contribution in [2.45, 2.75) is 32.1 Å².